The highest BCUT2D eigenvalue weighted by molar-refractivity contribution is 5.71. The van der Waals surface area contributed by atoms with Gasteiger partial charge in [-0.2, -0.15) is 0 Å². The van der Waals surface area contributed by atoms with E-state index in [0.717, 1.165) is 22.3 Å². The average Bonchev–Trinajstić information content (AvgIpc) is 2.87. The van der Waals surface area contributed by atoms with Crippen molar-refractivity contribution < 1.29 is 24.2 Å². The van der Waals surface area contributed by atoms with E-state index in [0.29, 0.717) is 31.9 Å². The Labute approximate surface area is 199 Å². The second-order valence-corrected chi connectivity index (χ2v) is 7.68. The van der Waals surface area contributed by atoms with Gasteiger partial charge in [0.25, 0.3) is 0 Å². The van der Waals surface area contributed by atoms with E-state index in [1.54, 1.807) is 4.90 Å². The van der Waals surface area contributed by atoms with Crippen molar-refractivity contribution in [1.82, 2.24) is 10.2 Å². The van der Waals surface area contributed by atoms with E-state index < -0.39 is 6.09 Å². The van der Waals surface area contributed by atoms with Gasteiger partial charge >= 0.3 is 12.2 Å². The van der Waals surface area contributed by atoms with Gasteiger partial charge in [0.15, 0.2) is 0 Å². The minimum Gasteiger partial charge on any atom is -0.493 e. The molecule has 0 radical (unpaired) electrons. The summed E-state index contributed by atoms with van der Waals surface area (Å²) in [4.78, 5) is 24.9. The molecule has 3 aromatic carbocycles. The number of benzene rings is 3. The van der Waals surface area contributed by atoms with Gasteiger partial charge in [0.05, 0.1) is 6.61 Å². The van der Waals surface area contributed by atoms with Crippen LogP contribution in [0, 0.1) is 0 Å². The Hall–Kier alpha value is -4.00. The Kier molecular flexibility index (Phi) is 9.34. The molecule has 0 saturated heterocycles. The van der Waals surface area contributed by atoms with E-state index in [9.17, 15) is 9.59 Å². The van der Waals surface area contributed by atoms with Crippen molar-refractivity contribution in [2.24, 2.45) is 0 Å². The predicted molar refractivity (Wildman–Crippen MR) is 131 cm³/mol. The number of rotatable bonds is 11. The number of hydrogen-bond acceptors (Lipinski definition) is 4. The van der Waals surface area contributed by atoms with Gasteiger partial charge in [-0.05, 0) is 36.1 Å². The summed E-state index contributed by atoms with van der Waals surface area (Å²) in [5.41, 5.74) is 3.68. The van der Waals surface area contributed by atoms with Gasteiger partial charge in [-0.25, -0.2) is 9.59 Å². The SMILES string of the molecule is CCN(CCCOc1cc(CNC(=O)O)ccc1-c1ccccc1)C(=O)OCc1ccccc1. The molecule has 0 spiro atoms. The molecular weight excluding hydrogens is 432 g/mol. The Morgan fingerprint density at radius 3 is 2.32 bits per heavy atom. The second-order valence-electron chi connectivity index (χ2n) is 7.68. The van der Waals surface area contributed by atoms with E-state index in [4.69, 9.17) is 14.6 Å². The van der Waals surface area contributed by atoms with E-state index in [2.05, 4.69) is 5.32 Å². The van der Waals surface area contributed by atoms with Crippen molar-refractivity contribution in [3.8, 4) is 16.9 Å². The molecule has 0 atom stereocenters. The normalized spacial score (nSPS) is 10.4. The number of carbonyl (C=O) groups excluding carboxylic acids is 1. The van der Waals surface area contributed by atoms with Gasteiger partial charge in [-0.3, -0.25) is 0 Å². The molecule has 0 aromatic heterocycles. The number of nitrogens with zero attached hydrogens (tertiary/aromatic N) is 1. The maximum Gasteiger partial charge on any atom is 0.410 e. The second kappa shape index (κ2) is 12.9. The average molecular weight is 463 g/mol. The number of amides is 2. The molecule has 178 valence electrons. The molecule has 0 fully saturated rings. The van der Waals surface area contributed by atoms with Crippen molar-refractivity contribution in [3.63, 3.8) is 0 Å². The molecule has 7 nitrogen and oxygen atoms in total. The topological polar surface area (TPSA) is 88.1 Å². The van der Waals surface area contributed by atoms with Gasteiger partial charge in [-0.1, -0.05) is 72.8 Å². The molecule has 0 aliphatic rings. The Morgan fingerprint density at radius 2 is 1.65 bits per heavy atom. The Morgan fingerprint density at radius 1 is 0.941 bits per heavy atom. The van der Waals surface area contributed by atoms with Gasteiger partial charge in [0.1, 0.15) is 12.4 Å². The van der Waals surface area contributed by atoms with Crippen LogP contribution in [0.15, 0.2) is 78.9 Å². The standard InChI is InChI=1S/C27H30N2O5/c1-2-29(27(32)34-20-21-10-5-3-6-11-21)16-9-17-33-25-18-22(19-28-26(30)31)14-15-24(25)23-12-7-4-8-13-23/h3-8,10-15,18,28H,2,9,16-17,19-20H2,1H3,(H,30,31). The summed E-state index contributed by atoms with van der Waals surface area (Å²) in [5, 5.41) is 11.3. The summed E-state index contributed by atoms with van der Waals surface area (Å²) in [6.45, 7) is 3.79. The fourth-order valence-electron chi connectivity index (χ4n) is 3.46. The van der Waals surface area contributed by atoms with Crippen LogP contribution >= 0.6 is 0 Å². The maximum atomic E-state index is 12.4. The summed E-state index contributed by atoms with van der Waals surface area (Å²) < 4.78 is 11.5. The van der Waals surface area contributed by atoms with E-state index in [-0.39, 0.29) is 19.2 Å². The van der Waals surface area contributed by atoms with Crippen LogP contribution in [0.25, 0.3) is 11.1 Å². The van der Waals surface area contributed by atoms with Gasteiger partial charge in [0.2, 0.25) is 0 Å². The first-order valence-electron chi connectivity index (χ1n) is 11.3. The first kappa shape index (κ1) is 24.6. The Bertz CT molecular complexity index is 1060. The van der Waals surface area contributed by atoms with Crippen molar-refractivity contribution >= 4 is 12.2 Å². The molecule has 0 bridgehead atoms. The molecule has 3 rings (SSSR count). The predicted octanol–water partition coefficient (Wildman–Crippen LogP) is 5.55. The first-order valence-corrected chi connectivity index (χ1v) is 11.3. The van der Waals surface area contributed by atoms with E-state index in [1.807, 2.05) is 85.8 Å². The quantitative estimate of drug-likeness (QED) is 0.365. The summed E-state index contributed by atoms with van der Waals surface area (Å²) in [5.74, 6) is 0.672. The molecule has 0 aliphatic carbocycles. The fourth-order valence-corrected chi connectivity index (χ4v) is 3.46. The van der Waals surface area contributed by atoms with Crippen LogP contribution in [0.2, 0.25) is 0 Å². The molecule has 0 saturated carbocycles. The largest absolute Gasteiger partial charge is 0.493 e. The molecule has 34 heavy (non-hydrogen) atoms. The van der Waals surface area contributed by atoms with Crippen LogP contribution in [0.5, 0.6) is 5.75 Å². The highest BCUT2D eigenvalue weighted by Crippen LogP contribution is 2.31. The molecule has 0 heterocycles. The van der Waals surface area contributed by atoms with Crippen LogP contribution in [0.4, 0.5) is 9.59 Å². The smallest absolute Gasteiger partial charge is 0.410 e. The first-order chi connectivity index (χ1) is 16.6. The number of carboxylic acid groups (broad SMARTS) is 1. The summed E-state index contributed by atoms with van der Waals surface area (Å²) in [7, 11) is 0. The zero-order chi connectivity index (χ0) is 24.2. The molecule has 0 aliphatic heterocycles. The molecule has 3 aromatic rings. The minimum absolute atomic E-state index is 0.192. The fraction of sp³-hybridized carbons (Fsp3) is 0.259. The lowest BCUT2D eigenvalue weighted by Gasteiger charge is -2.21. The third kappa shape index (κ3) is 7.55. The van der Waals surface area contributed by atoms with Crippen LogP contribution < -0.4 is 10.1 Å². The summed E-state index contributed by atoms with van der Waals surface area (Å²) in [6.07, 6.45) is -0.799. The minimum atomic E-state index is -1.08. The zero-order valence-electron chi connectivity index (χ0n) is 19.3. The van der Waals surface area contributed by atoms with Crippen molar-refractivity contribution in [2.45, 2.75) is 26.5 Å². The number of hydrogen-bond donors (Lipinski definition) is 2. The third-order valence-corrected chi connectivity index (χ3v) is 5.25. The zero-order valence-corrected chi connectivity index (χ0v) is 19.3. The van der Waals surface area contributed by atoms with Crippen LogP contribution in [0.3, 0.4) is 0 Å². The van der Waals surface area contributed by atoms with Crippen molar-refractivity contribution in [1.29, 1.82) is 0 Å². The maximum absolute atomic E-state index is 12.4. The van der Waals surface area contributed by atoms with Crippen molar-refractivity contribution in [3.05, 3.63) is 90.0 Å². The number of ether oxygens (including phenoxy) is 2. The van der Waals surface area contributed by atoms with Crippen molar-refractivity contribution in [2.75, 3.05) is 19.7 Å². The Balaban J connectivity index is 1.57. The lowest BCUT2D eigenvalue weighted by atomic mass is 10.0. The third-order valence-electron chi connectivity index (χ3n) is 5.25. The van der Waals surface area contributed by atoms with E-state index in [1.165, 1.54) is 0 Å². The highest BCUT2D eigenvalue weighted by atomic mass is 16.6. The number of nitrogens with one attached hydrogen (secondary N) is 1. The highest BCUT2D eigenvalue weighted by Gasteiger charge is 2.14. The molecule has 2 amide bonds. The number of carbonyl (C=O) groups is 2. The molecular formula is C27H30N2O5. The van der Waals surface area contributed by atoms with Gasteiger partial charge in [0, 0.05) is 25.2 Å². The van der Waals surface area contributed by atoms with E-state index >= 15 is 0 Å². The lowest BCUT2D eigenvalue weighted by molar-refractivity contribution is 0.0959. The monoisotopic (exact) mass is 462 g/mol. The van der Waals surface area contributed by atoms with Crippen LogP contribution in [-0.2, 0) is 17.9 Å². The lowest BCUT2D eigenvalue weighted by Crippen LogP contribution is -2.33. The van der Waals surface area contributed by atoms with Gasteiger partial charge in [-0.15, -0.1) is 0 Å². The molecule has 0 unspecified atom stereocenters. The van der Waals surface area contributed by atoms with Gasteiger partial charge < -0.3 is 24.8 Å². The van der Waals surface area contributed by atoms with Crippen LogP contribution in [0.1, 0.15) is 24.5 Å². The summed E-state index contributed by atoms with van der Waals surface area (Å²) >= 11 is 0. The summed E-state index contributed by atoms with van der Waals surface area (Å²) in [6, 6.07) is 25.1. The molecule has 7 heteroatoms. The molecule has 2 N–H and O–H groups in total. The van der Waals surface area contributed by atoms with Crippen LogP contribution in [-0.4, -0.2) is 41.9 Å².